The molecular formula is C19H23ClN2. The summed E-state index contributed by atoms with van der Waals surface area (Å²) < 4.78 is 0. The van der Waals surface area contributed by atoms with Crippen LogP contribution in [0.25, 0.3) is 0 Å². The highest BCUT2D eigenvalue weighted by Gasteiger charge is 2.27. The maximum atomic E-state index is 6.36. The van der Waals surface area contributed by atoms with Crippen molar-refractivity contribution < 1.29 is 0 Å². The molecule has 3 heteroatoms. The second-order valence-electron chi connectivity index (χ2n) is 6.15. The normalized spacial score (nSPS) is 22.6. The Hall–Kier alpha value is -1.35. The Balaban J connectivity index is 1.63. The minimum absolute atomic E-state index is 0.228. The van der Waals surface area contributed by atoms with Gasteiger partial charge in [0.1, 0.15) is 0 Å². The lowest BCUT2D eigenvalue weighted by Gasteiger charge is -2.37. The average molecular weight is 315 g/mol. The van der Waals surface area contributed by atoms with E-state index in [9.17, 15) is 0 Å². The van der Waals surface area contributed by atoms with E-state index in [1.54, 1.807) is 0 Å². The van der Waals surface area contributed by atoms with Crippen LogP contribution in [0.5, 0.6) is 0 Å². The molecule has 0 bridgehead atoms. The number of hydrogen-bond acceptors (Lipinski definition) is 2. The van der Waals surface area contributed by atoms with E-state index in [0.29, 0.717) is 5.92 Å². The number of hydrogen-bond donors (Lipinski definition) is 1. The number of rotatable bonds is 4. The van der Waals surface area contributed by atoms with E-state index in [0.717, 1.165) is 37.5 Å². The van der Waals surface area contributed by atoms with Crippen molar-refractivity contribution in [1.82, 2.24) is 4.90 Å². The lowest BCUT2D eigenvalue weighted by atomic mass is 9.86. The zero-order valence-electron chi connectivity index (χ0n) is 12.8. The fourth-order valence-corrected chi connectivity index (χ4v) is 3.46. The molecule has 1 fully saturated rings. The number of nitrogens with two attached hydrogens (primary N) is 1. The van der Waals surface area contributed by atoms with E-state index in [1.807, 2.05) is 12.1 Å². The van der Waals surface area contributed by atoms with Crippen LogP contribution in [-0.4, -0.2) is 30.6 Å². The number of benzene rings is 2. The van der Waals surface area contributed by atoms with Crippen molar-refractivity contribution in [3.05, 3.63) is 70.7 Å². The fourth-order valence-electron chi connectivity index (χ4n) is 3.26. The lowest BCUT2D eigenvalue weighted by Crippen LogP contribution is -2.46. The summed E-state index contributed by atoms with van der Waals surface area (Å²) in [5.74, 6) is 0.378. The molecule has 0 radical (unpaired) electrons. The van der Waals surface area contributed by atoms with Crippen LogP contribution in [-0.2, 0) is 6.42 Å². The first-order valence-corrected chi connectivity index (χ1v) is 8.37. The minimum atomic E-state index is 0.228. The molecule has 1 aliphatic rings. The van der Waals surface area contributed by atoms with Crippen molar-refractivity contribution >= 4 is 11.6 Å². The van der Waals surface area contributed by atoms with Gasteiger partial charge in [-0.1, -0.05) is 54.1 Å². The van der Waals surface area contributed by atoms with Crippen molar-refractivity contribution in [3.8, 4) is 0 Å². The molecule has 1 aliphatic heterocycles. The van der Waals surface area contributed by atoms with Gasteiger partial charge < -0.3 is 10.6 Å². The van der Waals surface area contributed by atoms with Gasteiger partial charge in [0.05, 0.1) is 0 Å². The summed E-state index contributed by atoms with van der Waals surface area (Å²) in [6.07, 6.45) is 2.14. The standard InChI is InChI=1S/C19H23ClN2/c20-17-8-4-7-16(13-17)18-14-22(12-10-19(18)21)11-9-15-5-2-1-3-6-15/h1-8,13,18-19H,9-12,14,21H2/t18-,19-/m0/s1. The number of likely N-dealkylation sites (tertiary alicyclic amines) is 1. The monoisotopic (exact) mass is 314 g/mol. The van der Waals surface area contributed by atoms with Crippen molar-refractivity contribution in [2.45, 2.75) is 24.8 Å². The molecule has 0 amide bonds. The average Bonchev–Trinajstić information content (AvgIpc) is 2.55. The first-order valence-electron chi connectivity index (χ1n) is 8.00. The van der Waals surface area contributed by atoms with Crippen LogP contribution in [0.3, 0.4) is 0 Å². The van der Waals surface area contributed by atoms with Crippen molar-refractivity contribution in [2.75, 3.05) is 19.6 Å². The SMILES string of the molecule is N[C@H]1CCN(CCc2ccccc2)C[C@H]1c1cccc(Cl)c1. The highest BCUT2D eigenvalue weighted by atomic mass is 35.5. The molecule has 3 rings (SSSR count). The van der Waals surface area contributed by atoms with Crippen LogP contribution >= 0.6 is 11.6 Å². The molecule has 0 saturated carbocycles. The Labute approximate surface area is 137 Å². The Morgan fingerprint density at radius 2 is 1.91 bits per heavy atom. The Kier molecular flexibility index (Phi) is 5.14. The van der Waals surface area contributed by atoms with Gasteiger partial charge in [-0.3, -0.25) is 0 Å². The van der Waals surface area contributed by atoms with Crippen molar-refractivity contribution in [2.24, 2.45) is 5.73 Å². The van der Waals surface area contributed by atoms with Gasteiger partial charge in [0.2, 0.25) is 0 Å². The Bertz CT molecular complexity index is 599. The molecule has 1 saturated heterocycles. The second kappa shape index (κ2) is 7.28. The third-order valence-electron chi connectivity index (χ3n) is 4.59. The largest absolute Gasteiger partial charge is 0.327 e. The van der Waals surface area contributed by atoms with Gasteiger partial charge in [-0.15, -0.1) is 0 Å². The maximum absolute atomic E-state index is 6.36. The van der Waals surface area contributed by atoms with Crippen LogP contribution in [0, 0.1) is 0 Å². The summed E-state index contributed by atoms with van der Waals surface area (Å²) in [6, 6.07) is 19.1. The Morgan fingerprint density at radius 3 is 2.68 bits per heavy atom. The highest BCUT2D eigenvalue weighted by Crippen LogP contribution is 2.28. The molecule has 0 unspecified atom stereocenters. The van der Waals surface area contributed by atoms with E-state index in [4.69, 9.17) is 17.3 Å². The van der Waals surface area contributed by atoms with Gasteiger partial charge in [0, 0.05) is 30.1 Å². The summed E-state index contributed by atoms with van der Waals surface area (Å²) >= 11 is 6.13. The number of nitrogens with zero attached hydrogens (tertiary/aromatic N) is 1. The molecule has 0 aromatic heterocycles. The molecule has 1 heterocycles. The van der Waals surface area contributed by atoms with E-state index in [-0.39, 0.29) is 6.04 Å². The third-order valence-corrected chi connectivity index (χ3v) is 4.82. The Morgan fingerprint density at radius 1 is 1.09 bits per heavy atom. The van der Waals surface area contributed by atoms with Crippen LogP contribution in [0.2, 0.25) is 5.02 Å². The van der Waals surface area contributed by atoms with Gasteiger partial charge in [-0.05, 0) is 42.6 Å². The topological polar surface area (TPSA) is 29.3 Å². The molecule has 2 atom stereocenters. The highest BCUT2D eigenvalue weighted by molar-refractivity contribution is 6.30. The number of halogens is 1. The number of piperidine rings is 1. The van der Waals surface area contributed by atoms with E-state index in [1.165, 1.54) is 11.1 Å². The predicted octanol–water partition coefficient (Wildman–Crippen LogP) is 3.70. The minimum Gasteiger partial charge on any atom is -0.327 e. The molecule has 116 valence electrons. The smallest absolute Gasteiger partial charge is 0.0408 e. The van der Waals surface area contributed by atoms with Crippen molar-refractivity contribution in [1.29, 1.82) is 0 Å². The maximum Gasteiger partial charge on any atom is 0.0408 e. The van der Waals surface area contributed by atoms with Crippen LogP contribution < -0.4 is 5.73 Å². The molecule has 2 aromatic carbocycles. The van der Waals surface area contributed by atoms with Gasteiger partial charge in [0.25, 0.3) is 0 Å². The molecule has 0 aliphatic carbocycles. The molecule has 0 spiro atoms. The summed E-state index contributed by atoms with van der Waals surface area (Å²) in [7, 11) is 0. The summed E-state index contributed by atoms with van der Waals surface area (Å²) in [6.45, 7) is 3.20. The van der Waals surface area contributed by atoms with Gasteiger partial charge in [-0.25, -0.2) is 0 Å². The predicted molar refractivity (Wildman–Crippen MR) is 93.4 cm³/mol. The van der Waals surface area contributed by atoms with Crippen LogP contribution in [0.15, 0.2) is 54.6 Å². The van der Waals surface area contributed by atoms with Crippen LogP contribution in [0.1, 0.15) is 23.5 Å². The lowest BCUT2D eigenvalue weighted by molar-refractivity contribution is 0.192. The van der Waals surface area contributed by atoms with Gasteiger partial charge >= 0.3 is 0 Å². The van der Waals surface area contributed by atoms with E-state index >= 15 is 0 Å². The fraction of sp³-hybridized carbons (Fsp3) is 0.368. The van der Waals surface area contributed by atoms with Crippen molar-refractivity contribution in [3.63, 3.8) is 0 Å². The summed E-state index contributed by atoms with van der Waals surface area (Å²) in [5, 5.41) is 0.797. The van der Waals surface area contributed by atoms with Crippen LogP contribution in [0.4, 0.5) is 0 Å². The summed E-state index contributed by atoms with van der Waals surface area (Å²) in [4.78, 5) is 2.53. The molecule has 2 N–H and O–H groups in total. The molecular weight excluding hydrogens is 292 g/mol. The second-order valence-corrected chi connectivity index (χ2v) is 6.59. The van der Waals surface area contributed by atoms with Gasteiger partial charge in [-0.2, -0.15) is 0 Å². The first-order chi connectivity index (χ1) is 10.7. The summed E-state index contributed by atoms with van der Waals surface area (Å²) in [5.41, 5.74) is 9.03. The molecule has 2 nitrogen and oxygen atoms in total. The molecule has 2 aromatic rings. The zero-order chi connectivity index (χ0) is 15.4. The third kappa shape index (κ3) is 3.89. The quantitative estimate of drug-likeness (QED) is 0.932. The van der Waals surface area contributed by atoms with E-state index < -0.39 is 0 Å². The van der Waals surface area contributed by atoms with E-state index in [2.05, 4.69) is 47.4 Å². The molecule has 22 heavy (non-hydrogen) atoms. The van der Waals surface area contributed by atoms with Gasteiger partial charge in [0.15, 0.2) is 0 Å². The zero-order valence-corrected chi connectivity index (χ0v) is 13.5. The first kappa shape index (κ1) is 15.5.